The molecule has 0 aliphatic heterocycles. The van der Waals surface area contributed by atoms with Gasteiger partial charge in [-0.3, -0.25) is 14.6 Å². The van der Waals surface area contributed by atoms with Crippen molar-refractivity contribution >= 4 is 34.1 Å². The van der Waals surface area contributed by atoms with Crippen LogP contribution in [0.1, 0.15) is 28.5 Å². The molecule has 0 bridgehead atoms. The van der Waals surface area contributed by atoms with Crippen LogP contribution < -0.4 is 10.6 Å². The Morgan fingerprint density at radius 3 is 2.50 bits per heavy atom. The van der Waals surface area contributed by atoms with E-state index in [-0.39, 0.29) is 11.6 Å². The van der Waals surface area contributed by atoms with Gasteiger partial charge in [0.15, 0.2) is 0 Å². The summed E-state index contributed by atoms with van der Waals surface area (Å²) in [6.07, 6.45) is 0. The van der Waals surface area contributed by atoms with E-state index in [1.807, 2.05) is 25.1 Å². The molecule has 2 aromatic carbocycles. The maximum atomic E-state index is 14.1. The van der Waals surface area contributed by atoms with Gasteiger partial charge >= 0.3 is 0 Å². The number of anilines is 2. The first-order valence-electron chi connectivity index (χ1n) is 8.10. The number of nitrogens with zero attached hydrogens (tertiary/aromatic N) is 1. The zero-order valence-corrected chi connectivity index (χ0v) is 14.7. The summed E-state index contributed by atoms with van der Waals surface area (Å²) in [5.74, 6) is -1.30. The van der Waals surface area contributed by atoms with E-state index in [0.717, 1.165) is 5.56 Å². The van der Waals surface area contributed by atoms with Gasteiger partial charge in [0.05, 0.1) is 16.8 Å². The SMILES string of the molecule is CC(=O)Nc1ccc(F)c(NC(=O)c2cc(C)nc3ccc(C)cc23)c1. The maximum absolute atomic E-state index is 14.1. The van der Waals surface area contributed by atoms with E-state index in [2.05, 4.69) is 15.6 Å². The molecule has 0 saturated carbocycles. The Bertz CT molecular complexity index is 1030. The lowest BCUT2D eigenvalue weighted by Gasteiger charge is -2.11. The van der Waals surface area contributed by atoms with Crippen molar-refractivity contribution in [3.8, 4) is 0 Å². The summed E-state index contributed by atoms with van der Waals surface area (Å²) < 4.78 is 14.1. The van der Waals surface area contributed by atoms with Crippen molar-refractivity contribution in [1.82, 2.24) is 4.98 Å². The Hall–Kier alpha value is -3.28. The van der Waals surface area contributed by atoms with Gasteiger partial charge in [-0.15, -0.1) is 0 Å². The Morgan fingerprint density at radius 2 is 1.77 bits per heavy atom. The summed E-state index contributed by atoms with van der Waals surface area (Å²) >= 11 is 0. The quantitative estimate of drug-likeness (QED) is 0.743. The summed E-state index contributed by atoms with van der Waals surface area (Å²) in [4.78, 5) is 28.4. The van der Waals surface area contributed by atoms with Gasteiger partial charge in [0.2, 0.25) is 5.91 Å². The molecule has 2 amide bonds. The summed E-state index contributed by atoms with van der Waals surface area (Å²) in [5, 5.41) is 5.85. The number of rotatable bonds is 3. The highest BCUT2D eigenvalue weighted by Gasteiger charge is 2.15. The zero-order valence-electron chi connectivity index (χ0n) is 14.7. The molecule has 6 heteroatoms. The molecular formula is C20H18FN3O2. The van der Waals surface area contributed by atoms with Gasteiger partial charge in [-0.25, -0.2) is 4.39 Å². The van der Waals surface area contributed by atoms with Crippen molar-refractivity contribution in [2.45, 2.75) is 20.8 Å². The highest BCUT2D eigenvalue weighted by Crippen LogP contribution is 2.24. The largest absolute Gasteiger partial charge is 0.326 e. The number of fused-ring (bicyclic) bond motifs is 1. The number of hydrogen-bond acceptors (Lipinski definition) is 3. The number of aryl methyl sites for hydroxylation is 2. The number of carbonyl (C=O) groups excluding carboxylic acids is 2. The molecule has 0 aliphatic carbocycles. The van der Waals surface area contributed by atoms with Crippen LogP contribution in [0.4, 0.5) is 15.8 Å². The third kappa shape index (κ3) is 3.69. The molecule has 1 heterocycles. The number of pyridine rings is 1. The van der Waals surface area contributed by atoms with Crippen molar-refractivity contribution in [3.63, 3.8) is 0 Å². The van der Waals surface area contributed by atoms with E-state index >= 15 is 0 Å². The van der Waals surface area contributed by atoms with Gasteiger partial charge in [0.1, 0.15) is 5.82 Å². The lowest BCUT2D eigenvalue weighted by molar-refractivity contribution is -0.114. The second-order valence-electron chi connectivity index (χ2n) is 6.16. The van der Waals surface area contributed by atoms with E-state index in [9.17, 15) is 14.0 Å². The zero-order chi connectivity index (χ0) is 18.8. The molecule has 0 unspecified atom stereocenters. The molecule has 3 aromatic rings. The molecule has 0 atom stereocenters. The lowest BCUT2D eigenvalue weighted by atomic mass is 10.0. The Kier molecular flexibility index (Phi) is 4.67. The predicted octanol–water partition coefficient (Wildman–Crippen LogP) is 4.20. The topological polar surface area (TPSA) is 71.1 Å². The van der Waals surface area contributed by atoms with Crippen LogP contribution in [0, 0.1) is 19.7 Å². The summed E-state index contributed by atoms with van der Waals surface area (Å²) in [5.41, 5.74) is 3.21. The molecule has 2 N–H and O–H groups in total. The molecule has 0 saturated heterocycles. The van der Waals surface area contributed by atoms with Crippen molar-refractivity contribution in [2.24, 2.45) is 0 Å². The standard InChI is InChI=1S/C20H18FN3O2/c1-11-4-7-18-15(8-11)16(9-12(2)22-18)20(26)24-19-10-14(23-13(3)25)5-6-17(19)21/h4-10H,1-3H3,(H,23,25)(H,24,26). The third-order valence-electron chi connectivity index (χ3n) is 3.87. The fourth-order valence-electron chi connectivity index (χ4n) is 2.75. The molecule has 0 spiro atoms. The summed E-state index contributed by atoms with van der Waals surface area (Å²) in [7, 11) is 0. The normalized spacial score (nSPS) is 10.6. The van der Waals surface area contributed by atoms with Crippen molar-refractivity contribution in [3.05, 3.63) is 65.1 Å². The van der Waals surface area contributed by atoms with Crippen LogP contribution in [0.2, 0.25) is 0 Å². The monoisotopic (exact) mass is 351 g/mol. The van der Waals surface area contributed by atoms with Crippen LogP contribution in [0.5, 0.6) is 0 Å². The van der Waals surface area contributed by atoms with E-state index in [0.29, 0.717) is 27.8 Å². The van der Waals surface area contributed by atoms with Crippen molar-refractivity contribution in [1.29, 1.82) is 0 Å². The average molecular weight is 351 g/mol. The molecule has 0 aliphatic rings. The predicted molar refractivity (Wildman–Crippen MR) is 99.9 cm³/mol. The maximum Gasteiger partial charge on any atom is 0.256 e. The Balaban J connectivity index is 2.00. The molecule has 1 aromatic heterocycles. The number of amides is 2. The summed E-state index contributed by atoms with van der Waals surface area (Å²) in [6.45, 7) is 5.08. The molecular weight excluding hydrogens is 333 g/mol. The number of hydrogen-bond donors (Lipinski definition) is 2. The first-order chi connectivity index (χ1) is 12.3. The van der Waals surface area contributed by atoms with Gasteiger partial charge in [0, 0.05) is 23.7 Å². The number of halogens is 1. The number of nitrogens with one attached hydrogen (secondary N) is 2. The van der Waals surface area contributed by atoms with E-state index in [1.165, 1.54) is 25.1 Å². The van der Waals surface area contributed by atoms with Crippen LogP contribution in [0.15, 0.2) is 42.5 Å². The first kappa shape index (κ1) is 17.5. The van der Waals surface area contributed by atoms with Crippen LogP contribution >= 0.6 is 0 Å². The highest BCUT2D eigenvalue weighted by atomic mass is 19.1. The summed E-state index contributed by atoms with van der Waals surface area (Å²) in [6, 6.07) is 11.3. The number of benzene rings is 2. The minimum atomic E-state index is -0.585. The molecule has 26 heavy (non-hydrogen) atoms. The second kappa shape index (κ2) is 6.92. The lowest BCUT2D eigenvalue weighted by Crippen LogP contribution is -2.15. The van der Waals surface area contributed by atoms with Gasteiger partial charge < -0.3 is 10.6 Å². The first-order valence-corrected chi connectivity index (χ1v) is 8.10. The fraction of sp³-hybridized carbons (Fsp3) is 0.150. The molecule has 132 valence electrons. The molecule has 3 rings (SSSR count). The van der Waals surface area contributed by atoms with E-state index < -0.39 is 11.7 Å². The second-order valence-corrected chi connectivity index (χ2v) is 6.16. The van der Waals surface area contributed by atoms with Gasteiger partial charge in [0.25, 0.3) is 5.91 Å². The smallest absolute Gasteiger partial charge is 0.256 e. The fourth-order valence-corrected chi connectivity index (χ4v) is 2.75. The molecule has 5 nitrogen and oxygen atoms in total. The van der Waals surface area contributed by atoms with Crippen LogP contribution in [0.3, 0.4) is 0 Å². The van der Waals surface area contributed by atoms with Crippen LogP contribution in [-0.2, 0) is 4.79 Å². The van der Waals surface area contributed by atoms with E-state index in [1.54, 1.807) is 13.0 Å². The number of aromatic nitrogens is 1. The van der Waals surface area contributed by atoms with Crippen LogP contribution in [-0.4, -0.2) is 16.8 Å². The molecule has 0 radical (unpaired) electrons. The van der Waals surface area contributed by atoms with Gasteiger partial charge in [-0.1, -0.05) is 11.6 Å². The molecule has 0 fully saturated rings. The Morgan fingerprint density at radius 1 is 1.00 bits per heavy atom. The van der Waals surface area contributed by atoms with Gasteiger partial charge in [-0.05, 0) is 50.2 Å². The third-order valence-corrected chi connectivity index (χ3v) is 3.87. The number of carbonyl (C=O) groups is 2. The van der Waals surface area contributed by atoms with Crippen molar-refractivity contribution < 1.29 is 14.0 Å². The highest BCUT2D eigenvalue weighted by molar-refractivity contribution is 6.12. The van der Waals surface area contributed by atoms with Crippen LogP contribution in [0.25, 0.3) is 10.9 Å². The average Bonchev–Trinajstić information content (AvgIpc) is 2.57. The van der Waals surface area contributed by atoms with Gasteiger partial charge in [-0.2, -0.15) is 0 Å². The minimum Gasteiger partial charge on any atom is -0.326 e. The Labute approximate surface area is 150 Å². The van der Waals surface area contributed by atoms with Crippen molar-refractivity contribution in [2.75, 3.05) is 10.6 Å². The minimum absolute atomic E-state index is 0.00322. The van der Waals surface area contributed by atoms with E-state index in [4.69, 9.17) is 0 Å².